The van der Waals surface area contributed by atoms with Crippen LogP contribution in [0.2, 0.25) is 0 Å². The van der Waals surface area contributed by atoms with Crippen LogP contribution in [0.3, 0.4) is 0 Å². The van der Waals surface area contributed by atoms with Gasteiger partial charge in [0.15, 0.2) is 0 Å². The van der Waals surface area contributed by atoms with Crippen molar-refractivity contribution in [2.45, 2.75) is 0 Å². The lowest BCUT2D eigenvalue weighted by atomic mass is 10.2. The minimum atomic E-state index is -0.660. The molecule has 0 aliphatic rings. The Morgan fingerprint density at radius 2 is 1.78 bits per heavy atom. The first-order valence-corrected chi connectivity index (χ1v) is 8.85. The molecule has 0 amide bonds. The van der Waals surface area contributed by atoms with Crippen LogP contribution in [0, 0.1) is 10.1 Å². The predicted molar refractivity (Wildman–Crippen MR) is 103 cm³/mol. The number of carbonyl (C=O) groups excluding carboxylic acids is 1. The number of para-hydroxylation sites is 2. The van der Waals surface area contributed by atoms with Crippen molar-refractivity contribution in [2.24, 2.45) is 0 Å². The highest BCUT2D eigenvalue weighted by Gasteiger charge is 2.17. The van der Waals surface area contributed by atoms with Gasteiger partial charge in [-0.2, -0.15) is 0 Å². The van der Waals surface area contributed by atoms with Crippen LogP contribution in [0.5, 0.6) is 5.75 Å². The topological polar surface area (TPSA) is 82.3 Å². The van der Waals surface area contributed by atoms with Gasteiger partial charge < -0.3 is 4.74 Å². The zero-order chi connectivity index (χ0) is 18.8. The molecular formula is C20H12N2O4S. The molecule has 3 aromatic carbocycles. The summed E-state index contributed by atoms with van der Waals surface area (Å²) in [7, 11) is 0. The van der Waals surface area contributed by atoms with E-state index in [-0.39, 0.29) is 11.3 Å². The summed E-state index contributed by atoms with van der Waals surface area (Å²) in [6.45, 7) is 0. The van der Waals surface area contributed by atoms with E-state index in [0.29, 0.717) is 11.3 Å². The Balaban J connectivity index is 1.68. The molecule has 0 bridgehead atoms. The van der Waals surface area contributed by atoms with Crippen LogP contribution in [0.15, 0.2) is 72.8 Å². The number of thiazole rings is 1. The van der Waals surface area contributed by atoms with Gasteiger partial charge in [-0.25, -0.2) is 9.78 Å². The molecule has 27 heavy (non-hydrogen) atoms. The summed E-state index contributed by atoms with van der Waals surface area (Å²) < 4.78 is 6.56. The Morgan fingerprint density at radius 3 is 2.59 bits per heavy atom. The van der Waals surface area contributed by atoms with Gasteiger partial charge in [-0.05, 0) is 30.3 Å². The van der Waals surface area contributed by atoms with E-state index in [1.165, 1.54) is 35.6 Å². The third-order valence-electron chi connectivity index (χ3n) is 3.91. The molecule has 0 radical (unpaired) electrons. The highest BCUT2D eigenvalue weighted by atomic mass is 32.1. The van der Waals surface area contributed by atoms with E-state index in [2.05, 4.69) is 4.98 Å². The fraction of sp³-hybridized carbons (Fsp3) is 0. The van der Waals surface area contributed by atoms with E-state index in [4.69, 9.17) is 4.74 Å². The van der Waals surface area contributed by atoms with Crippen LogP contribution in [-0.2, 0) is 0 Å². The van der Waals surface area contributed by atoms with E-state index in [1.54, 1.807) is 12.1 Å². The largest absolute Gasteiger partial charge is 0.422 e. The average Bonchev–Trinajstić information content (AvgIpc) is 3.12. The number of nitro benzene ring substituents is 1. The van der Waals surface area contributed by atoms with Gasteiger partial charge >= 0.3 is 5.97 Å². The Bertz CT molecular complexity index is 1140. The van der Waals surface area contributed by atoms with Gasteiger partial charge in [0.1, 0.15) is 10.8 Å². The van der Waals surface area contributed by atoms with Crippen LogP contribution in [0.25, 0.3) is 20.8 Å². The molecule has 0 N–H and O–H groups in total. The van der Waals surface area contributed by atoms with Crippen molar-refractivity contribution in [3.63, 3.8) is 0 Å². The number of ether oxygens (including phenoxy) is 1. The van der Waals surface area contributed by atoms with Crippen molar-refractivity contribution in [2.75, 3.05) is 0 Å². The molecule has 0 aliphatic heterocycles. The summed E-state index contributed by atoms with van der Waals surface area (Å²) >= 11 is 1.50. The summed E-state index contributed by atoms with van der Waals surface area (Å²) in [6.07, 6.45) is 0. The summed E-state index contributed by atoms with van der Waals surface area (Å²) in [5, 5.41) is 11.6. The molecule has 0 aliphatic carbocycles. The van der Waals surface area contributed by atoms with Crippen molar-refractivity contribution >= 4 is 33.2 Å². The van der Waals surface area contributed by atoms with Crippen LogP contribution in [-0.4, -0.2) is 15.9 Å². The minimum Gasteiger partial charge on any atom is -0.422 e. The second kappa shape index (κ2) is 6.97. The van der Waals surface area contributed by atoms with Crippen molar-refractivity contribution in [1.82, 2.24) is 4.98 Å². The summed E-state index contributed by atoms with van der Waals surface area (Å²) in [6, 6.07) is 20.3. The lowest BCUT2D eigenvalue weighted by molar-refractivity contribution is -0.384. The smallest absolute Gasteiger partial charge is 0.343 e. The number of carbonyl (C=O) groups is 1. The molecule has 0 fully saturated rings. The second-order valence-corrected chi connectivity index (χ2v) is 6.71. The number of aromatic nitrogens is 1. The van der Waals surface area contributed by atoms with Crippen molar-refractivity contribution in [1.29, 1.82) is 0 Å². The number of fused-ring (bicyclic) bond motifs is 1. The molecule has 7 heteroatoms. The van der Waals surface area contributed by atoms with E-state index >= 15 is 0 Å². The zero-order valence-corrected chi connectivity index (χ0v) is 14.7. The van der Waals surface area contributed by atoms with Gasteiger partial charge in [0.05, 0.1) is 26.3 Å². The second-order valence-electron chi connectivity index (χ2n) is 5.68. The monoisotopic (exact) mass is 376 g/mol. The first-order chi connectivity index (χ1) is 13.1. The molecule has 0 spiro atoms. The average molecular weight is 376 g/mol. The molecule has 0 atom stereocenters. The zero-order valence-electron chi connectivity index (χ0n) is 13.9. The molecule has 6 nitrogen and oxygen atoms in total. The number of hydrogen-bond donors (Lipinski definition) is 0. The Hall–Kier alpha value is -3.58. The molecule has 4 aromatic rings. The number of rotatable bonds is 4. The minimum absolute atomic E-state index is 0.114. The van der Waals surface area contributed by atoms with Gasteiger partial charge in [-0.1, -0.05) is 30.3 Å². The van der Waals surface area contributed by atoms with Crippen LogP contribution < -0.4 is 4.74 Å². The van der Waals surface area contributed by atoms with Crippen LogP contribution in [0.1, 0.15) is 10.4 Å². The summed E-state index contributed by atoms with van der Waals surface area (Å²) in [5.74, 6) is -0.305. The molecule has 1 aromatic heterocycles. The van der Waals surface area contributed by atoms with Crippen molar-refractivity contribution in [3.8, 4) is 16.3 Å². The van der Waals surface area contributed by atoms with Gasteiger partial charge in [0.25, 0.3) is 5.69 Å². The Labute approximate surface area is 157 Å². The normalized spacial score (nSPS) is 10.7. The number of non-ortho nitro benzene ring substituents is 1. The third-order valence-corrected chi connectivity index (χ3v) is 4.98. The fourth-order valence-corrected chi connectivity index (χ4v) is 3.62. The lowest BCUT2D eigenvalue weighted by Gasteiger charge is -2.08. The van der Waals surface area contributed by atoms with E-state index in [0.717, 1.165) is 15.2 Å². The maximum atomic E-state index is 12.5. The van der Waals surface area contributed by atoms with E-state index < -0.39 is 10.9 Å². The molecular weight excluding hydrogens is 364 g/mol. The highest BCUT2D eigenvalue weighted by Crippen LogP contribution is 2.35. The first-order valence-electron chi connectivity index (χ1n) is 8.03. The van der Waals surface area contributed by atoms with Crippen molar-refractivity contribution in [3.05, 3.63) is 88.5 Å². The van der Waals surface area contributed by atoms with Crippen molar-refractivity contribution < 1.29 is 14.5 Å². The van der Waals surface area contributed by atoms with Gasteiger partial charge in [-0.3, -0.25) is 10.1 Å². The fourth-order valence-electron chi connectivity index (χ4n) is 2.62. The maximum Gasteiger partial charge on any atom is 0.343 e. The number of benzene rings is 3. The van der Waals surface area contributed by atoms with Gasteiger partial charge in [-0.15, -0.1) is 11.3 Å². The third kappa shape index (κ3) is 3.40. The molecule has 1 heterocycles. The number of nitro groups is 1. The van der Waals surface area contributed by atoms with Gasteiger partial charge in [0.2, 0.25) is 0 Å². The molecule has 0 unspecified atom stereocenters. The van der Waals surface area contributed by atoms with Gasteiger partial charge in [0, 0.05) is 12.1 Å². The lowest BCUT2D eigenvalue weighted by Crippen LogP contribution is -2.09. The van der Waals surface area contributed by atoms with E-state index in [9.17, 15) is 14.9 Å². The molecule has 0 saturated heterocycles. The molecule has 4 rings (SSSR count). The Kier molecular flexibility index (Phi) is 4.35. The van der Waals surface area contributed by atoms with Crippen LogP contribution in [0.4, 0.5) is 5.69 Å². The first kappa shape index (κ1) is 16.9. The molecule has 0 saturated carbocycles. The SMILES string of the molecule is O=C(Oc1ccccc1-c1nc2ccccc2s1)c1cccc([N+](=O)[O-])c1. The van der Waals surface area contributed by atoms with Crippen LogP contribution >= 0.6 is 11.3 Å². The maximum absolute atomic E-state index is 12.5. The number of nitrogens with zero attached hydrogens (tertiary/aromatic N) is 2. The Morgan fingerprint density at radius 1 is 1.00 bits per heavy atom. The summed E-state index contributed by atoms with van der Waals surface area (Å²) in [5.41, 5.74) is 1.52. The standard InChI is InChI=1S/C20H12N2O4S/c23-20(13-6-5-7-14(12-13)22(24)25)26-17-10-3-1-8-15(17)19-21-16-9-2-4-11-18(16)27-19/h1-12H. The number of hydrogen-bond acceptors (Lipinski definition) is 6. The molecule has 132 valence electrons. The highest BCUT2D eigenvalue weighted by molar-refractivity contribution is 7.21. The number of esters is 1. The summed E-state index contributed by atoms with van der Waals surface area (Å²) in [4.78, 5) is 27.4. The van der Waals surface area contributed by atoms with E-state index in [1.807, 2.05) is 36.4 Å². The predicted octanol–water partition coefficient (Wildman–Crippen LogP) is 5.09. The quantitative estimate of drug-likeness (QED) is 0.214.